The molecule has 0 heterocycles. The summed E-state index contributed by atoms with van der Waals surface area (Å²) in [6, 6.07) is 8.13. The third-order valence-corrected chi connectivity index (χ3v) is 1.81. The molecule has 0 aliphatic carbocycles. The van der Waals surface area contributed by atoms with E-state index in [4.69, 9.17) is 4.74 Å². The van der Waals surface area contributed by atoms with E-state index in [0.29, 0.717) is 0 Å². The highest BCUT2D eigenvalue weighted by Crippen LogP contribution is 2.11. The topological polar surface area (TPSA) is 9.23 Å². The van der Waals surface area contributed by atoms with Gasteiger partial charge in [-0.25, -0.2) is 0 Å². The van der Waals surface area contributed by atoms with Crippen LogP contribution in [-0.2, 0) is 0 Å². The van der Waals surface area contributed by atoms with Crippen LogP contribution in [0.3, 0.4) is 0 Å². The molecule has 0 saturated carbocycles. The predicted molar refractivity (Wildman–Crippen MR) is 56.1 cm³/mol. The van der Waals surface area contributed by atoms with Gasteiger partial charge in [-0.2, -0.15) is 0 Å². The van der Waals surface area contributed by atoms with E-state index in [1.807, 2.05) is 25.1 Å². The van der Waals surface area contributed by atoms with Crippen molar-refractivity contribution in [2.24, 2.45) is 0 Å². The molecule has 0 atom stereocenters. The van der Waals surface area contributed by atoms with Crippen LogP contribution in [0.5, 0.6) is 5.75 Å². The third-order valence-electron chi connectivity index (χ3n) is 1.81. The minimum Gasteiger partial charge on any atom is -0.493 e. The van der Waals surface area contributed by atoms with Crippen LogP contribution in [0, 0.1) is 6.92 Å². The van der Waals surface area contributed by atoms with Gasteiger partial charge in [-0.3, -0.25) is 0 Å². The number of hydrogen-bond acceptors (Lipinski definition) is 1. The average molecular weight is 176 g/mol. The molecular formula is C12H16O. The van der Waals surface area contributed by atoms with Crippen molar-refractivity contribution in [3.8, 4) is 5.75 Å². The summed E-state index contributed by atoms with van der Waals surface area (Å²) in [4.78, 5) is 0. The molecule has 1 aromatic rings. The van der Waals surface area contributed by atoms with Gasteiger partial charge >= 0.3 is 0 Å². The normalized spacial score (nSPS) is 10.6. The summed E-state index contributed by atoms with van der Waals surface area (Å²) in [5.74, 6) is 0.954. The third kappa shape index (κ3) is 3.79. The van der Waals surface area contributed by atoms with Gasteiger partial charge in [-0.05, 0) is 32.4 Å². The van der Waals surface area contributed by atoms with Crippen molar-refractivity contribution >= 4 is 0 Å². The van der Waals surface area contributed by atoms with Crippen LogP contribution >= 0.6 is 0 Å². The highest BCUT2D eigenvalue weighted by molar-refractivity contribution is 5.26. The first-order chi connectivity index (χ1) is 6.33. The molecule has 1 heteroatoms. The molecule has 0 spiro atoms. The zero-order valence-corrected chi connectivity index (χ0v) is 8.29. The fourth-order valence-corrected chi connectivity index (χ4v) is 1.05. The van der Waals surface area contributed by atoms with E-state index in [9.17, 15) is 0 Å². The highest BCUT2D eigenvalue weighted by atomic mass is 16.5. The van der Waals surface area contributed by atoms with Crippen molar-refractivity contribution < 1.29 is 4.74 Å². The molecular weight excluding hydrogens is 160 g/mol. The van der Waals surface area contributed by atoms with Gasteiger partial charge in [0, 0.05) is 0 Å². The molecule has 13 heavy (non-hydrogen) atoms. The summed E-state index contributed by atoms with van der Waals surface area (Å²) >= 11 is 0. The van der Waals surface area contributed by atoms with E-state index >= 15 is 0 Å². The Balaban J connectivity index is 2.33. The molecule has 0 amide bonds. The molecule has 0 N–H and O–H groups in total. The summed E-state index contributed by atoms with van der Waals surface area (Å²) in [5.41, 5.74) is 1.26. The van der Waals surface area contributed by atoms with Crippen LogP contribution in [0.4, 0.5) is 0 Å². The predicted octanol–water partition coefficient (Wildman–Crippen LogP) is 3.34. The van der Waals surface area contributed by atoms with Gasteiger partial charge in [0.1, 0.15) is 5.75 Å². The van der Waals surface area contributed by atoms with Crippen LogP contribution in [0.15, 0.2) is 36.4 Å². The molecule has 0 bridgehead atoms. The Morgan fingerprint density at radius 2 is 1.92 bits per heavy atom. The molecule has 0 aliphatic heterocycles. The second kappa shape index (κ2) is 5.41. The smallest absolute Gasteiger partial charge is 0.119 e. The van der Waals surface area contributed by atoms with E-state index in [2.05, 4.69) is 25.1 Å². The minimum absolute atomic E-state index is 0.757. The first-order valence-electron chi connectivity index (χ1n) is 4.63. The maximum atomic E-state index is 5.51. The maximum Gasteiger partial charge on any atom is 0.119 e. The van der Waals surface area contributed by atoms with Gasteiger partial charge in [0.15, 0.2) is 0 Å². The van der Waals surface area contributed by atoms with Gasteiger partial charge in [-0.15, -0.1) is 0 Å². The second-order valence-electron chi connectivity index (χ2n) is 3.02. The molecule has 1 nitrogen and oxygen atoms in total. The highest BCUT2D eigenvalue weighted by Gasteiger charge is 1.90. The summed E-state index contributed by atoms with van der Waals surface area (Å²) in [6.07, 6.45) is 5.12. The Bertz CT molecular complexity index is 259. The van der Waals surface area contributed by atoms with Crippen LogP contribution < -0.4 is 4.74 Å². The van der Waals surface area contributed by atoms with Crippen LogP contribution in [0.25, 0.3) is 0 Å². The van der Waals surface area contributed by atoms with Crippen molar-refractivity contribution in [2.45, 2.75) is 20.3 Å². The van der Waals surface area contributed by atoms with Crippen LogP contribution in [0.2, 0.25) is 0 Å². The Hall–Kier alpha value is -1.24. The molecule has 0 unspecified atom stereocenters. The summed E-state index contributed by atoms with van der Waals surface area (Å²) in [7, 11) is 0. The lowest BCUT2D eigenvalue weighted by Gasteiger charge is -2.03. The van der Waals surface area contributed by atoms with Crippen LogP contribution in [-0.4, -0.2) is 6.61 Å². The number of hydrogen-bond donors (Lipinski definition) is 0. The Kier molecular flexibility index (Phi) is 4.10. The molecule has 0 aromatic heterocycles. The van der Waals surface area contributed by atoms with Gasteiger partial charge < -0.3 is 4.74 Å². The van der Waals surface area contributed by atoms with E-state index in [1.165, 1.54) is 5.56 Å². The zero-order valence-electron chi connectivity index (χ0n) is 8.29. The van der Waals surface area contributed by atoms with Gasteiger partial charge in [0.2, 0.25) is 0 Å². The maximum absolute atomic E-state index is 5.51. The number of benzene rings is 1. The fourth-order valence-electron chi connectivity index (χ4n) is 1.05. The van der Waals surface area contributed by atoms with Gasteiger partial charge in [0.05, 0.1) is 6.61 Å². The van der Waals surface area contributed by atoms with Crippen LogP contribution in [0.1, 0.15) is 18.9 Å². The Morgan fingerprint density at radius 1 is 1.23 bits per heavy atom. The van der Waals surface area contributed by atoms with E-state index < -0.39 is 0 Å². The van der Waals surface area contributed by atoms with E-state index in [0.717, 1.165) is 18.8 Å². The molecule has 0 fully saturated rings. The fraction of sp³-hybridized carbons (Fsp3) is 0.333. The lowest BCUT2D eigenvalue weighted by molar-refractivity contribution is 0.325. The number of aryl methyl sites for hydroxylation is 1. The lowest BCUT2D eigenvalue weighted by atomic mass is 10.2. The van der Waals surface area contributed by atoms with Gasteiger partial charge in [0.25, 0.3) is 0 Å². The first kappa shape index (κ1) is 9.85. The average Bonchev–Trinajstić information content (AvgIpc) is 2.15. The molecule has 70 valence electrons. The zero-order chi connectivity index (χ0) is 9.52. The van der Waals surface area contributed by atoms with E-state index in [-0.39, 0.29) is 0 Å². The van der Waals surface area contributed by atoms with E-state index in [1.54, 1.807) is 0 Å². The minimum atomic E-state index is 0.757. The SMILES string of the molecule is C/C=C\CCOc1ccc(C)cc1. The van der Waals surface area contributed by atoms with Crippen molar-refractivity contribution in [1.82, 2.24) is 0 Å². The van der Waals surface area contributed by atoms with Crippen molar-refractivity contribution in [3.05, 3.63) is 42.0 Å². The largest absolute Gasteiger partial charge is 0.493 e. The standard InChI is InChI=1S/C12H16O/c1-3-4-5-10-13-12-8-6-11(2)7-9-12/h3-4,6-9H,5,10H2,1-2H3/b4-3-. The molecule has 0 radical (unpaired) electrons. The molecule has 1 aromatic carbocycles. The van der Waals surface area contributed by atoms with Crippen molar-refractivity contribution in [1.29, 1.82) is 0 Å². The summed E-state index contributed by atoms with van der Waals surface area (Å²) < 4.78 is 5.51. The first-order valence-corrected chi connectivity index (χ1v) is 4.63. The summed E-state index contributed by atoms with van der Waals surface area (Å²) in [5, 5.41) is 0. The lowest BCUT2D eigenvalue weighted by Crippen LogP contribution is -1.94. The quantitative estimate of drug-likeness (QED) is 0.505. The number of allylic oxidation sites excluding steroid dienone is 1. The van der Waals surface area contributed by atoms with Gasteiger partial charge in [-0.1, -0.05) is 29.8 Å². The number of ether oxygens (including phenoxy) is 1. The summed E-state index contributed by atoms with van der Waals surface area (Å²) in [6.45, 7) is 4.85. The molecule has 0 saturated heterocycles. The number of rotatable bonds is 4. The van der Waals surface area contributed by atoms with Crippen molar-refractivity contribution in [2.75, 3.05) is 6.61 Å². The Labute approximate surface area is 80.0 Å². The second-order valence-corrected chi connectivity index (χ2v) is 3.02. The monoisotopic (exact) mass is 176 g/mol. The molecule has 1 rings (SSSR count). The Morgan fingerprint density at radius 3 is 2.54 bits per heavy atom. The van der Waals surface area contributed by atoms with Crippen molar-refractivity contribution in [3.63, 3.8) is 0 Å². The molecule has 0 aliphatic rings.